The molecule has 0 aliphatic heterocycles. The van der Waals surface area contributed by atoms with Crippen molar-refractivity contribution in [2.75, 3.05) is 5.73 Å². The molecule has 3 N–H and O–H groups in total. The van der Waals surface area contributed by atoms with Crippen LogP contribution in [0.1, 0.15) is 45.4 Å². The fraction of sp³-hybridized carbons (Fsp3) is 0.600. The molecular formula is C15H23FN2O2S. The average Bonchev–Trinajstić information content (AvgIpc) is 2.48. The number of benzene rings is 1. The quantitative estimate of drug-likeness (QED) is 0.821. The normalized spacial score (nSPS) is 18.6. The van der Waals surface area contributed by atoms with Crippen LogP contribution in [0.4, 0.5) is 10.1 Å². The van der Waals surface area contributed by atoms with E-state index in [9.17, 15) is 12.8 Å². The molecule has 0 saturated heterocycles. The molecule has 2 rings (SSSR count). The van der Waals surface area contributed by atoms with E-state index < -0.39 is 15.8 Å². The monoisotopic (exact) mass is 314 g/mol. The third kappa shape index (κ3) is 3.95. The van der Waals surface area contributed by atoms with Crippen molar-refractivity contribution in [1.29, 1.82) is 0 Å². The zero-order chi connectivity index (χ0) is 15.5. The molecule has 1 fully saturated rings. The van der Waals surface area contributed by atoms with E-state index >= 15 is 0 Å². The minimum absolute atomic E-state index is 0.0238. The van der Waals surface area contributed by atoms with Gasteiger partial charge in [-0.05, 0) is 43.4 Å². The molecule has 4 nitrogen and oxygen atoms in total. The number of halogens is 1. The van der Waals surface area contributed by atoms with Crippen LogP contribution in [0.25, 0.3) is 0 Å². The molecule has 6 heteroatoms. The van der Waals surface area contributed by atoms with Gasteiger partial charge in [-0.1, -0.05) is 26.2 Å². The Balaban J connectivity index is 2.16. The second kappa shape index (κ2) is 6.75. The second-order valence-electron chi connectivity index (χ2n) is 5.72. The molecular weight excluding hydrogens is 291 g/mol. The summed E-state index contributed by atoms with van der Waals surface area (Å²) in [7, 11) is -3.66. The predicted octanol–water partition coefficient (Wildman–Crippen LogP) is 3.05. The topological polar surface area (TPSA) is 72.2 Å². The van der Waals surface area contributed by atoms with Gasteiger partial charge in [-0.15, -0.1) is 0 Å². The highest BCUT2D eigenvalue weighted by atomic mass is 32.2. The maximum Gasteiger partial charge on any atom is 0.240 e. The second-order valence-corrected chi connectivity index (χ2v) is 7.43. The van der Waals surface area contributed by atoms with Gasteiger partial charge in [0.25, 0.3) is 0 Å². The van der Waals surface area contributed by atoms with Crippen molar-refractivity contribution in [2.45, 2.75) is 56.4 Å². The Morgan fingerprint density at radius 1 is 1.33 bits per heavy atom. The van der Waals surface area contributed by atoms with Crippen LogP contribution >= 0.6 is 0 Å². The summed E-state index contributed by atoms with van der Waals surface area (Å²) in [4.78, 5) is 0.0238. The van der Waals surface area contributed by atoms with Gasteiger partial charge in [0, 0.05) is 6.04 Å². The van der Waals surface area contributed by atoms with Crippen LogP contribution in [-0.2, 0) is 10.0 Å². The molecule has 0 spiro atoms. The Bertz CT molecular complexity index is 583. The fourth-order valence-corrected chi connectivity index (χ4v) is 4.43. The van der Waals surface area contributed by atoms with Gasteiger partial charge in [0.2, 0.25) is 10.0 Å². The molecule has 0 radical (unpaired) electrons. The first-order chi connectivity index (χ1) is 9.94. The molecule has 1 aromatic rings. The minimum atomic E-state index is -3.66. The summed E-state index contributed by atoms with van der Waals surface area (Å²) in [5, 5.41) is 0. The maximum absolute atomic E-state index is 13.2. The molecule has 118 valence electrons. The highest BCUT2D eigenvalue weighted by Crippen LogP contribution is 2.28. The van der Waals surface area contributed by atoms with E-state index in [1.54, 1.807) is 0 Å². The van der Waals surface area contributed by atoms with Gasteiger partial charge in [0.1, 0.15) is 5.82 Å². The van der Waals surface area contributed by atoms with E-state index in [1.165, 1.54) is 18.6 Å². The van der Waals surface area contributed by atoms with E-state index in [0.717, 1.165) is 38.2 Å². The lowest BCUT2D eigenvalue weighted by atomic mass is 9.83. The van der Waals surface area contributed by atoms with E-state index in [0.29, 0.717) is 5.92 Å². The molecule has 0 bridgehead atoms. The number of nitrogen functional groups attached to an aromatic ring is 1. The molecule has 0 amide bonds. The number of sulfonamides is 1. The van der Waals surface area contributed by atoms with E-state index in [4.69, 9.17) is 5.73 Å². The van der Waals surface area contributed by atoms with Crippen molar-refractivity contribution in [3.63, 3.8) is 0 Å². The maximum atomic E-state index is 13.2. The predicted molar refractivity (Wildman–Crippen MR) is 81.8 cm³/mol. The highest BCUT2D eigenvalue weighted by molar-refractivity contribution is 7.89. The lowest BCUT2D eigenvalue weighted by Crippen LogP contribution is -2.40. The number of rotatable bonds is 5. The van der Waals surface area contributed by atoms with Crippen molar-refractivity contribution in [3.8, 4) is 0 Å². The molecule has 21 heavy (non-hydrogen) atoms. The van der Waals surface area contributed by atoms with Gasteiger partial charge in [0.05, 0.1) is 10.6 Å². The first kappa shape index (κ1) is 16.2. The summed E-state index contributed by atoms with van der Waals surface area (Å²) >= 11 is 0. The molecule has 0 heterocycles. The van der Waals surface area contributed by atoms with Gasteiger partial charge in [-0.3, -0.25) is 0 Å². The molecule has 0 aromatic heterocycles. The summed E-state index contributed by atoms with van der Waals surface area (Å²) in [5.41, 5.74) is 5.31. The summed E-state index contributed by atoms with van der Waals surface area (Å²) in [6, 6.07) is 3.44. The summed E-state index contributed by atoms with van der Waals surface area (Å²) < 4.78 is 40.8. The van der Waals surface area contributed by atoms with Crippen LogP contribution < -0.4 is 10.5 Å². The van der Waals surface area contributed by atoms with Crippen molar-refractivity contribution >= 4 is 15.7 Å². The fourth-order valence-electron chi connectivity index (χ4n) is 3.01. The zero-order valence-electron chi connectivity index (χ0n) is 12.3. The summed E-state index contributed by atoms with van der Waals surface area (Å²) in [5.74, 6) is -0.218. The van der Waals surface area contributed by atoms with Crippen LogP contribution in [0.3, 0.4) is 0 Å². The van der Waals surface area contributed by atoms with Crippen molar-refractivity contribution < 1.29 is 12.8 Å². The van der Waals surface area contributed by atoms with Gasteiger partial charge in [0.15, 0.2) is 0 Å². The lowest BCUT2D eigenvalue weighted by molar-refractivity contribution is 0.285. The summed E-state index contributed by atoms with van der Waals surface area (Å²) in [6.45, 7) is 1.99. The largest absolute Gasteiger partial charge is 0.396 e. The summed E-state index contributed by atoms with van der Waals surface area (Å²) in [6.07, 6.45) is 6.42. The van der Waals surface area contributed by atoms with Gasteiger partial charge < -0.3 is 5.73 Å². The van der Waals surface area contributed by atoms with Crippen LogP contribution in [0.5, 0.6) is 0 Å². The Hall–Kier alpha value is -1.14. The number of hydrogen-bond acceptors (Lipinski definition) is 3. The number of nitrogens with one attached hydrogen (secondary N) is 1. The average molecular weight is 314 g/mol. The Morgan fingerprint density at radius 3 is 2.57 bits per heavy atom. The van der Waals surface area contributed by atoms with E-state index in [1.807, 2.05) is 6.92 Å². The standard InChI is InChI=1S/C15H23FN2O2S/c1-2-15(11-6-4-3-5-7-11)18-21(19,20)12-8-9-13(16)14(17)10-12/h8-11,15,18H,2-7,17H2,1H3. The minimum Gasteiger partial charge on any atom is -0.396 e. The van der Waals surface area contributed by atoms with E-state index in [2.05, 4.69) is 4.72 Å². The molecule has 1 atom stereocenters. The molecule has 1 aliphatic rings. The van der Waals surface area contributed by atoms with Crippen LogP contribution in [0, 0.1) is 11.7 Å². The number of nitrogens with two attached hydrogens (primary N) is 1. The van der Waals surface area contributed by atoms with Crippen molar-refractivity contribution in [1.82, 2.24) is 4.72 Å². The van der Waals surface area contributed by atoms with Crippen LogP contribution in [0.2, 0.25) is 0 Å². The zero-order valence-corrected chi connectivity index (χ0v) is 13.1. The van der Waals surface area contributed by atoms with Gasteiger partial charge in [-0.2, -0.15) is 0 Å². The first-order valence-electron chi connectivity index (χ1n) is 7.51. The molecule has 1 aliphatic carbocycles. The molecule has 1 aromatic carbocycles. The number of hydrogen-bond donors (Lipinski definition) is 2. The Kier molecular flexibility index (Phi) is 5.22. The van der Waals surface area contributed by atoms with Gasteiger partial charge >= 0.3 is 0 Å². The van der Waals surface area contributed by atoms with Crippen molar-refractivity contribution in [2.24, 2.45) is 5.92 Å². The Labute approximate surface area is 126 Å². The molecule has 1 saturated carbocycles. The van der Waals surface area contributed by atoms with Crippen molar-refractivity contribution in [3.05, 3.63) is 24.0 Å². The number of anilines is 1. The highest BCUT2D eigenvalue weighted by Gasteiger charge is 2.27. The Morgan fingerprint density at radius 2 is 2.00 bits per heavy atom. The smallest absolute Gasteiger partial charge is 0.240 e. The lowest BCUT2D eigenvalue weighted by Gasteiger charge is -2.30. The van der Waals surface area contributed by atoms with E-state index in [-0.39, 0.29) is 16.6 Å². The van der Waals surface area contributed by atoms with Gasteiger partial charge in [-0.25, -0.2) is 17.5 Å². The third-order valence-electron chi connectivity index (χ3n) is 4.24. The SMILES string of the molecule is CCC(NS(=O)(=O)c1ccc(F)c(N)c1)C1CCCCC1. The first-order valence-corrected chi connectivity index (χ1v) is 8.99. The third-order valence-corrected chi connectivity index (χ3v) is 5.73. The molecule has 1 unspecified atom stereocenters. The van der Waals surface area contributed by atoms with Crippen LogP contribution in [-0.4, -0.2) is 14.5 Å². The van der Waals surface area contributed by atoms with Crippen LogP contribution in [0.15, 0.2) is 23.1 Å².